The SMILES string of the molecule is C=C(C)COCCNCc1ccc(Cl)c(F)c1. The van der Waals surface area contributed by atoms with E-state index in [1.54, 1.807) is 12.1 Å². The molecule has 0 saturated heterocycles. The summed E-state index contributed by atoms with van der Waals surface area (Å²) in [6.45, 7) is 8.18. The molecule has 17 heavy (non-hydrogen) atoms. The molecule has 1 aromatic rings. The lowest BCUT2D eigenvalue weighted by Gasteiger charge is -2.06. The summed E-state index contributed by atoms with van der Waals surface area (Å²) in [5.74, 6) is -0.385. The van der Waals surface area contributed by atoms with E-state index in [1.807, 2.05) is 6.92 Å². The number of ether oxygens (including phenoxy) is 1. The van der Waals surface area contributed by atoms with Crippen LogP contribution in [0.3, 0.4) is 0 Å². The first-order valence-corrected chi connectivity index (χ1v) is 5.84. The molecular weight excluding hydrogens is 241 g/mol. The van der Waals surface area contributed by atoms with Crippen LogP contribution in [-0.4, -0.2) is 19.8 Å². The van der Waals surface area contributed by atoms with Crippen LogP contribution in [0.4, 0.5) is 4.39 Å². The molecule has 0 bridgehead atoms. The number of hydrogen-bond donors (Lipinski definition) is 1. The van der Waals surface area contributed by atoms with Crippen LogP contribution in [0.15, 0.2) is 30.4 Å². The highest BCUT2D eigenvalue weighted by Gasteiger charge is 2.00. The number of nitrogens with one attached hydrogen (secondary N) is 1. The van der Waals surface area contributed by atoms with E-state index in [0.29, 0.717) is 19.8 Å². The topological polar surface area (TPSA) is 21.3 Å². The summed E-state index contributed by atoms with van der Waals surface area (Å²) in [6.07, 6.45) is 0. The quantitative estimate of drug-likeness (QED) is 0.598. The van der Waals surface area contributed by atoms with Crippen molar-refractivity contribution in [3.8, 4) is 0 Å². The zero-order valence-electron chi connectivity index (χ0n) is 9.93. The first-order valence-electron chi connectivity index (χ1n) is 5.46. The summed E-state index contributed by atoms with van der Waals surface area (Å²) in [5.41, 5.74) is 1.87. The molecule has 1 rings (SSSR count). The Morgan fingerprint density at radius 1 is 1.53 bits per heavy atom. The van der Waals surface area contributed by atoms with Gasteiger partial charge in [-0.25, -0.2) is 4.39 Å². The minimum atomic E-state index is -0.385. The lowest BCUT2D eigenvalue weighted by atomic mass is 10.2. The first-order chi connectivity index (χ1) is 8.09. The maximum Gasteiger partial charge on any atom is 0.142 e. The number of halogens is 2. The predicted molar refractivity (Wildman–Crippen MR) is 68.7 cm³/mol. The van der Waals surface area contributed by atoms with Crippen LogP contribution in [0, 0.1) is 5.82 Å². The molecule has 0 radical (unpaired) electrons. The molecular formula is C13H17ClFNO. The van der Waals surface area contributed by atoms with E-state index in [1.165, 1.54) is 6.07 Å². The van der Waals surface area contributed by atoms with E-state index in [0.717, 1.165) is 17.7 Å². The average Bonchev–Trinajstić information content (AvgIpc) is 2.27. The minimum Gasteiger partial charge on any atom is -0.376 e. The van der Waals surface area contributed by atoms with Crippen LogP contribution in [0.25, 0.3) is 0 Å². The van der Waals surface area contributed by atoms with Gasteiger partial charge in [0.25, 0.3) is 0 Å². The van der Waals surface area contributed by atoms with E-state index in [2.05, 4.69) is 11.9 Å². The number of rotatable bonds is 7. The van der Waals surface area contributed by atoms with Crippen molar-refractivity contribution in [2.45, 2.75) is 13.5 Å². The molecule has 4 heteroatoms. The Balaban J connectivity index is 2.18. The lowest BCUT2D eigenvalue weighted by Crippen LogP contribution is -2.19. The fourth-order valence-corrected chi connectivity index (χ4v) is 1.39. The van der Waals surface area contributed by atoms with E-state index >= 15 is 0 Å². The smallest absolute Gasteiger partial charge is 0.142 e. The second-order valence-corrected chi connectivity index (χ2v) is 4.34. The maximum atomic E-state index is 13.1. The third-order valence-electron chi connectivity index (χ3n) is 2.08. The average molecular weight is 258 g/mol. The van der Waals surface area contributed by atoms with Gasteiger partial charge in [0.1, 0.15) is 5.82 Å². The first kappa shape index (κ1) is 14.2. The molecule has 0 unspecified atom stereocenters. The van der Waals surface area contributed by atoms with Crippen molar-refractivity contribution in [1.82, 2.24) is 5.32 Å². The van der Waals surface area contributed by atoms with Gasteiger partial charge in [0.2, 0.25) is 0 Å². The van der Waals surface area contributed by atoms with Crippen LogP contribution >= 0.6 is 11.6 Å². The van der Waals surface area contributed by atoms with E-state index in [4.69, 9.17) is 16.3 Å². The summed E-state index contributed by atoms with van der Waals surface area (Å²) in [4.78, 5) is 0. The van der Waals surface area contributed by atoms with Crippen LogP contribution in [0.2, 0.25) is 5.02 Å². The molecule has 2 nitrogen and oxygen atoms in total. The van der Waals surface area contributed by atoms with Crippen molar-refractivity contribution >= 4 is 11.6 Å². The summed E-state index contributed by atoms with van der Waals surface area (Å²) in [5, 5.41) is 3.31. The normalized spacial score (nSPS) is 10.5. The highest BCUT2D eigenvalue weighted by Crippen LogP contribution is 2.15. The highest BCUT2D eigenvalue weighted by atomic mass is 35.5. The molecule has 94 valence electrons. The van der Waals surface area contributed by atoms with Gasteiger partial charge in [-0.1, -0.05) is 29.8 Å². The van der Waals surface area contributed by atoms with Crippen molar-refractivity contribution in [2.24, 2.45) is 0 Å². The Labute approximate surface area is 106 Å². The Hall–Kier alpha value is -0.900. The Morgan fingerprint density at radius 2 is 2.29 bits per heavy atom. The van der Waals surface area contributed by atoms with E-state index < -0.39 is 0 Å². The monoisotopic (exact) mass is 257 g/mol. The Bertz CT molecular complexity index is 382. The molecule has 0 aromatic heterocycles. The standard InChI is InChI=1S/C13H17ClFNO/c1-10(2)9-17-6-5-16-8-11-3-4-12(14)13(15)7-11/h3-4,7,16H,1,5-6,8-9H2,2H3. The molecule has 0 aliphatic heterocycles. The van der Waals surface area contributed by atoms with Gasteiger partial charge in [0.15, 0.2) is 0 Å². The molecule has 0 atom stereocenters. The summed E-state index contributed by atoms with van der Waals surface area (Å²) in [7, 11) is 0. The second-order valence-electron chi connectivity index (χ2n) is 3.93. The molecule has 0 saturated carbocycles. The van der Waals surface area contributed by atoms with Gasteiger partial charge in [-0.15, -0.1) is 0 Å². The van der Waals surface area contributed by atoms with Crippen LogP contribution in [0.1, 0.15) is 12.5 Å². The van der Waals surface area contributed by atoms with Gasteiger partial charge in [-0.3, -0.25) is 0 Å². The third kappa shape index (κ3) is 5.82. The summed E-state index contributed by atoms with van der Waals surface area (Å²) >= 11 is 5.59. The van der Waals surface area contributed by atoms with E-state index in [-0.39, 0.29) is 10.8 Å². The minimum absolute atomic E-state index is 0.151. The van der Waals surface area contributed by atoms with Gasteiger partial charge in [-0.2, -0.15) is 0 Å². The zero-order valence-corrected chi connectivity index (χ0v) is 10.7. The lowest BCUT2D eigenvalue weighted by molar-refractivity contribution is 0.158. The number of hydrogen-bond acceptors (Lipinski definition) is 2. The second kappa shape index (κ2) is 7.43. The molecule has 0 spiro atoms. The van der Waals surface area contributed by atoms with Crippen molar-refractivity contribution < 1.29 is 9.13 Å². The van der Waals surface area contributed by atoms with Crippen molar-refractivity contribution in [2.75, 3.05) is 19.8 Å². The fourth-order valence-electron chi connectivity index (χ4n) is 1.27. The molecule has 1 N–H and O–H groups in total. The summed E-state index contributed by atoms with van der Waals surface area (Å²) in [6, 6.07) is 4.79. The van der Waals surface area contributed by atoms with Gasteiger partial charge >= 0.3 is 0 Å². The summed E-state index contributed by atoms with van der Waals surface area (Å²) < 4.78 is 18.4. The number of benzene rings is 1. The zero-order chi connectivity index (χ0) is 12.7. The molecule has 0 aliphatic carbocycles. The molecule has 0 aliphatic rings. The van der Waals surface area contributed by atoms with E-state index in [9.17, 15) is 4.39 Å². The van der Waals surface area contributed by atoms with Crippen LogP contribution in [0.5, 0.6) is 0 Å². The Morgan fingerprint density at radius 3 is 2.94 bits per heavy atom. The van der Waals surface area contributed by atoms with Crippen LogP contribution in [-0.2, 0) is 11.3 Å². The maximum absolute atomic E-state index is 13.1. The molecule has 0 fully saturated rings. The fraction of sp³-hybridized carbons (Fsp3) is 0.385. The Kier molecular flexibility index (Phi) is 6.19. The predicted octanol–water partition coefficient (Wildman–Crippen LogP) is 3.16. The third-order valence-corrected chi connectivity index (χ3v) is 2.39. The van der Waals surface area contributed by atoms with Crippen molar-refractivity contribution in [1.29, 1.82) is 0 Å². The largest absolute Gasteiger partial charge is 0.376 e. The van der Waals surface area contributed by atoms with Gasteiger partial charge in [-0.05, 0) is 24.6 Å². The molecule has 1 aromatic carbocycles. The van der Waals surface area contributed by atoms with Crippen molar-refractivity contribution in [3.05, 3.63) is 46.8 Å². The van der Waals surface area contributed by atoms with Crippen molar-refractivity contribution in [3.63, 3.8) is 0 Å². The van der Waals surface area contributed by atoms with Gasteiger partial charge < -0.3 is 10.1 Å². The molecule has 0 heterocycles. The van der Waals surface area contributed by atoms with Gasteiger partial charge in [0, 0.05) is 13.1 Å². The molecule has 0 amide bonds. The van der Waals surface area contributed by atoms with Crippen LogP contribution < -0.4 is 5.32 Å². The highest BCUT2D eigenvalue weighted by molar-refractivity contribution is 6.30. The van der Waals surface area contributed by atoms with Gasteiger partial charge in [0.05, 0.1) is 18.2 Å².